The van der Waals surface area contributed by atoms with Crippen LogP contribution < -0.4 is 14.5 Å². The molecule has 1 aromatic rings. The van der Waals surface area contributed by atoms with Gasteiger partial charge >= 0.3 is 0 Å². The highest BCUT2D eigenvalue weighted by atomic mass is 16.5. The first-order valence-electron chi connectivity index (χ1n) is 8.84. The third-order valence-electron chi connectivity index (χ3n) is 4.59. The Bertz CT molecular complexity index is 498. The van der Waals surface area contributed by atoms with Gasteiger partial charge in [0.15, 0.2) is 5.78 Å². The SMILES string of the molecule is CCC(=O)c1ccc(OC[C@H](O)C[NH+]2CC[NH+](CCO)CC2)cc1. The molecule has 1 saturated heterocycles. The molecule has 1 heterocycles. The molecule has 0 amide bonds. The maximum atomic E-state index is 11.6. The van der Waals surface area contributed by atoms with E-state index >= 15 is 0 Å². The molecule has 0 radical (unpaired) electrons. The minimum Gasteiger partial charge on any atom is -0.491 e. The normalized spacial score (nSPS) is 22.1. The molecule has 1 atom stereocenters. The number of aliphatic hydroxyl groups is 2. The number of aliphatic hydroxyl groups excluding tert-OH is 2. The van der Waals surface area contributed by atoms with Gasteiger partial charge in [0.2, 0.25) is 0 Å². The van der Waals surface area contributed by atoms with E-state index in [0.717, 1.165) is 32.7 Å². The van der Waals surface area contributed by atoms with Crippen LogP contribution in [0.25, 0.3) is 0 Å². The molecule has 0 aliphatic carbocycles. The van der Waals surface area contributed by atoms with Crippen molar-refractivity contribution in [2.45, 2.75) is 19.4 Å². The summed E-state index contributed by atoms with van der Waals surface area (Å²) in [6.07, 6.45) is -0.00837. The minimum atomic E-state index is -0.503. The van der Waals surface area contributed by atoms with Gasteiger partial charge < -0.3 is 24.7 Å². The van der Waals surface area contributed by atoms with Crippen molar-refractivity contribution in [3.63, 3.8) is 0 Å². The second kappa shape index (κ2) is 9.74. The van der Waals surface area contributed by atoms with Crippen molar-refractivity contribution >= 4 is 5.78 Å². The molecule has 0 aromatic heterocycles. The monoisotopic (exact) mass is 338 g/mol. The topological polar surface area (TPSA) is 75.6 Å². The van der Waals surface area contributed by atoms with Crippen LogP contribution in [0.15, 0.2) is 24.3 Å². The number of hydrogen-bond donors (Lipinski definition) is 4. The van der Waals surface area contributed by atoms with E-state index in [2.05, 4.69) is 0 Å². The van der Waals surface area contributed by atoms with E-state index in [1.807, 2.05) is 6.92 Å². The molecule has 6 nitrogen and oxygen atoms in total. The van der Waals surface area contributed by atoms with Gasteiger partial charge in [-0.2, -0.15) is 0 Å². The number of piperazine rings is 1. The molecule has 6 heteroatoms. The van der Waals surface area contributed by atoms with Gasteiger partial charge in [0.1, 0.15) is 57.7 Å². The molecule has 1 fully saturated rings. The van der Waals surface area contributed by atoms with Crippen LogP contribution in [0.5, 0.6) is 5.75 Å². The predicted molar refractivity (Wildman–Crippen MR) is 90.8 cm³/mol. The van der Waals surface area contributed by atoms with E-state index in [1.165, 1.54) is 9.80 Å². The Balaban J connectivity index is 1.69. The van der Waals surface area contributed by atoms with E-state index in [1.54, 1.807) is 24.3 Å². The van der Waals surface area contributed by atoms with Gasteiger partial charge in [-0.1, -0.05) is 6.92 Å². The zero-order chi connectivity index (χ0) is 17.4. The number of quaternary nitrogens is 2. The maximum absolute atomic E-state index is 11.6. The average molecular weight is 338 g/mol. The average Bonchev–Trinajstić information content (AvgIpc) is 2.61. The maximum Gasteiger partial charge on any atom is 0.162 e. The predicted octanol–water partition coefficient (Wildman–Crippen LogP) is -2.21. The van der Waals surface area contributed by atoms with Crippen LogP contribution in [-0.4, -0.2) is 74.6 Å². The fraction of sp³-hybridized carbons (Fsp3) is 0.611. The van der Waals surface area contributed by atoms with Crippen molar-refractivity contribution in [3.8, 4) is 5.75 Å². The quantitative estimate of drug-likeness (QED) is 0.386. The van der Waals surface area contributed by atoms with E-state index in [9.17, 15) is 9.90 Å². The fourth-order valence-electron chi connectivity index (χ4n) is 3.10. The Hall–Kier alpha value is -1.47. The Morgan fingerprint density at radius 1 is 1.17 bits per heavy atom. The molecule has 24 heavy (non-hydrogen) atoms. The molecular weight excluding hydrogens is 308 g/mol. The van der Waals surface area contributed by atoms with Crippen molar-refractivity contribution in [2.75, 3.05) is 52.5 Å². The van der Waals surface area contributed by atoms with Crippen LogP contribution in [0.4, 0.5) is 0 Å². The molecule has 4 N–H and O–H groups in total. The van der Waals surface area contributed by atoms with Crippen LogP contribution in [0.2, 0.25) is 0 Å². The Kier molecular flexibility index (Phi) is 7.65. The summed E-state index contributed by atoms with van der Waals surface area (Å²) in [6.45, 7) is 7.94. The van der Waals surface area contributed by atoms with E-state index in [0.29, 0.717) is 24.3 Å². The van der Waals surface area contributed by atoms with Gasteiger partial charge in [-0.05, 0) is 24.3 Å². The standard InChI is InChI=1S/C18H28N2O4/c1-2-18(23)15-3-5-17(6-4-15)24-14-16(22)13-20-9-7-19(8-10-20)11-12-21/h3-6,16,21-22H,2,7-14H2,1H3/p+2/t16-/m1/s1. The third kappa shape index (κ3) is 5.87. The lowest BCUT2D eigenvalue weighted by Crippen LogP contribution is -3.28. The summed E-state index contributed by atoms with van der Waals surface area (Å²) in [4.78, 5) is 14.4. The van der Waals surface area contributed by atoms with Gasteiger partial charge in [0.05, 0.1) is 6.61 Å². The largest absolute Gasteiger partial charge is 0.491 e. The van der Waals surface area contributed by atoms with E-state index in [4.69, 9.17) is 9.84 Å². The Morgan fingerprint density at radius 3 is 2.38 bits per heavy atom. The molecule has 1 aliphatic heterocycles. The number of ether oxygens (including phenoxy) is 1. The number of hydrogen-bond acceptors (Lipinski definition) is 4. The number of nitrogens with one attached hydrogen (secondary N) is 2. The third-order valence-corrected chi connectivity index (χ3v) is 4.59. The number of Topliss-reactive ketones (excluding diaryl/α,β-unsaturated/α-hetero) is 1. The summed E-state index contributed by atoms with van der Waals surface area (Å²) in [7, 11) is 0. The highest BCUT2D eigenvalue weighted by Crippen LogP contribution is 2.13. The van der Waals surface area contributed by atoms with Crippen molar-refractivity contribution in [1.29, 1.82) is 0 Å². The second-order valence-electron chi connectivity index (χ2n) is 6.44. The molecule has 1 aromatic carbocycles. The summed E-state index contributed by atoms with van der Waals surface area (Å²) < 4.78 is 5.62. The van der Waals surface area contributed by atoms with Crippen LogP contribution >= 0.6 is 0 Å². The van der Waals surface area contributed by atoms with E-state index < -0.39 is 6.10 Å². The number of rotatable bonds is 9. The highest BCUT2D eigenvalue weighted by molar-refractivity contribution is 5.95. The molecule has 0 unspecified atom stereocenters. The number of benzene rings is 1. The van der Waals surface area contributed by atoms with Crippen LogP contribution in [-0.2, 0) is 0 Å². The van der Waals surface area contributed by atoms with Gasteiger partial charge in [0.25, 0.3) is 0 Å². The molecule has 134 valence electrons. The molecule has 0 bridgehead atoms. The lowest BCUT2D eigenvalue weighted by Gasteiger charge is -2.30. The molecule has 2 rings (SSSR count). The smallest absolute Gasteiger partial charge is 0.162 e. The van der Waals surface area contributed by atoms with Crippen LogP contribution in [0.3, 0.4) is 0 Å². The molecule has 1 aliphatic rings. The molecule has 0 spiro atoms. The first-order valence-corrected chi connectivity index (χ1v) is 8.84. The summed E-state index contributed by atoms with van der Waals surface area (Å²) in [5.74, 6) is 0.793. The Morgan fingerprint density at radius 2 is 1.79 bits per heavy atom. The Labute approximate surface area is 143 Å². The minimum absolute atomic E-state index is 0.118. The summed E-state index contributed by atoms with van der Waals surface area (Å²) in [5, 5.41) is 19.1. The number of ketones is 1. The number of carbonyl (C=O) groups excluding carboxylic acids is 1. The van der Waals surface area contributed by atoms with Crippen LogP contribution in [0, 0.1) is 0 Å². The van der Waals surface area contributed by atoms with Gasteiger partial charge in [-0.3, -0.25) is 4.79 Å². The zero-order valence-corrected chi connectivity index (χ0v) is 14.5. The fourth-order valence-corrected chi connectivity index (χ4v) is 3.10. The van der Waals surface area contributed by atoms with Gasteiger partial charge in [-0.15, -0.1) is 0 Å². The lowest BCUT2D eigenvalue weighted by molar-refractivity contribution is -1.01. The summed E-state index contributed by atoms with van der Waals surface area (Å²) in [6, 6.07) is 7.09. The van der Waals surface area contributed by atoms with Crippen molar-refractivity contribution in [2.24, 2.45) is 0 Å². The second-order valence-corrected chi connectivity index (χ2v) is 6.44. The molecular formula is C18H30N2O4+2. The summed E-state index contributed by atoms with van der Waals surface area (Å²) in [5.41, 5.74) is 0.693. The highest BCUT2D eigenvalue weighted by Gasteiger charge is 2.24. The van der Waals surface area contributed by atoms with E-state index in [-0.39, 0.29) is 19.0 Å². The van der Waals surface area contributed by atoms with Crippen molar-refractivity contribution in [1.82, 2.24) is 0 Å². The number of carbonyl (C=O) groups is 1. The van der Waals surface area contributed by atoms with Gasteiger partial charge in [0, 0.05) is 12.0 Å². The zero-order valence-electron chi connectivity index (χ0n) is 14.5. The first kappa shape index (κ1) is 18.9. The first-order chi connectivity index (χ1) is 11.6. The van der Waals surface area contributed by atoms with Crippen molar-refractivity contribution < 1.29 is 29.5 Å². The summed E-state index contributed by atoms with van der Waals surface area (Å²) >= 11 is 0. The van der Waals surface area contributed by atoms with Gasteiger partial charge in [-0.25, -0.2) is 0 Å². The lowest BCUT2D eigenvalue weighted by atomic mass is 10.1. The van der Waals surface area contributed by atoms with Crippen LogP contribution in [0.1, 0.15) is 23.7 Å². The van der Waals surface area contributed by atoms with Crippen molar-refractivity contribution in [3.05, 3.63) is 29.8 Å². The molecule has 0 saturated carbocycles.